The first-order valence-corrected chi connectivity index (χ1v) is 7.21. The smallest absolute Gasteiger partial charge is 0.158 e. The molecule has 6 heteroatoms. The number of nitrogens with one attached hydrogen (secondary N) is 2. The molecule has 0 saturated carbocycles. The summed E-state index contributed by atoms with van der Waals surface area (Å²) in [6.45, 7) is 6.26. The van der Waals surface area contributed by atoms with E-state index in [9.17, 15) is 0 Å². The van der Waals surface area contributed by atoms with Gasteiger partial charge in [0, 0.05) is 26.3 Å². The molecule has 0 aliphatic carbocycles. The zero-order valence-electron chi connectivity index (χ0n) is 12.5. The van der Waals surface area contributed by atoms with Crippen molar-refractivity contribution in [3.63, 3.8) is 0 Å². The van der Waals surface area contributed by atoms with Gasteiger partial charge in [0.25, 0.3) is 0 Å². The molecule has 6 nitrogen and oxygen atoms in total. The first kappa shape index (κ1) is 15.0. The van der Waals surface area contributed by atoms with Crippen LogP contribution in [-0.4, -0.2) is 42.4 Å². The highest BCUT2D eigenvalue weighted by Gasteiger charge is 2.22. The van der Waals surface area contributed by atoms with Gasteiger partial charge in [-0.2, -0.15) is 0 Å². The molecule has 0 aromatic carbocycles. The molecule has 2 N–H and O–H groups in total. The summed E-state index contributed by atoms with van der Waals surface area (Å²) in [6.07, 6.45) is 2.50. The average Bonchev–Trinajstić information content (AvgIpc) is 2.93. The minimum Gasteiger partial charge on any atom is -0.377 e. The lowest BCUT2D eigenvalue weighted by Gasteiger charge is -2.21. The van der Waals surface area contributed by atoms with Gasteiger partial charge < -0.3 is 20.1 Å². The van der Waals surface area contributed by atoms with Crippen LogP contribution in [0.2, 0.25) is 0 Å². The summed E-state index contributed by atoms with van der Waals surface area (Å²) in [7, 11) is 1.64. The second-order valence-corrected chi connectivity index (χ2v) is 5.00. The van der Waals surface area contributed by atoms with Crippen LogP contribution in [0.1, 0.15) is 32.5 Å². The van der Waals surface area contributed by atoms with Crippen molar-refractivity contribution in [1.29, 1.82) is 0 Å². The minimum atomic E-state index is 0.234. The Labute approximate surface area is 120 Å². The highest BCUT2D eigenvalue weighted by atomic mass is 16.5. The number of nitrogens with zero attached hydrogens (tertiary/aromatic N) is 2. The second-order valence-electron chi connectivity index (χ2n) is 5.00. The summed E-state index contributed by atoms with van der Waals surface area (Å²) in [5.74, 6) is 2.30. The third-order valence-corrected chi connectivity index (χ3v) is 3.30. The van der Waals surface area contributed by atoms with Gasteiger partial charge in [-0.25, -0.2) is 9.97 Å². The molecule has 2 atom stereocenters. The number of ether oxygens (including phenoxy) is 2. The molecule has 1 aromatic heterocycles. The van der Waals surface area contributed by atoms with Crippen molar-refractivity contribution >= 4 is 11.6 Å². The van der Waals surface area contributed by atoms with Gasteiger partial charge in [-0.15, -0.1) is 0 Å². The number of rotatable bonds is 7. The topological polar surface area (TPSA) is 68.3 Å². The molecule has 2 rings (SSSR count). The van der Waals surface area contributed by atoms with E-state index in [4.69, 9.17) is 9.47 Å². The predicted molar refractivity (Wildman–Crippen MR) is 79.0 cm³/mol. The maximum absolute atomic E-state index is 5.70. The van der Waals surface area contributed by atoms with Crippen molar-refractivity contribution in [2.75, 3.05) is 30.9 Å². The number of methoxy groups -OCH3 is 1. The largest absolute Gasteiger partial charge is 0.377 e. The van der Waals surface area contributed by atoms with E-state index in [-0.39, 0.29) is 12.1 Å². The van der Waals surface area contributed by atoms with Crippen molar-refractivity contribution in [2.45, 2.75) is 45.4 Å². The van der Waals surface area contributed by atoms with Gasteiger partial charge >= 0.3 is 0 Å². The first-order valence-electron chi connectivity index (χ1n) is 7.21. The molecule has 1 saturated heterocycles. The van der Waals surface area contributed by atoms with E-state index in [1.54, 1.807) is 7.11 Å². The van der Waals surface area contributed by atoms with Crippen LogP contribution in [0, 0.1) is 0 Å². The van der Waals surface area contributed by atoms with E-state index in [0.29, 0.717) is 12.4 Å². The zero-order chi connectivity index (χ0) is 14.4. The van der Waals surface area contributed by atoms with Crippen molar-refractivity contribution in [3.8, 4) is 0 Å². The molecule has 1 fully saturated rings. The molecule has 20 heavy (non-hydrogen) atoms. The zero-order valence-corrected chi connectivity index (χ0v) is 12.5. The van der Waals surface area contributed by atoms with Crippen LogP contribution in [0.25, 0.3) is 0 Å². The van der Waals surface area contributed by atoms with Crippen molar-refractivity contribution in [2.24, 2.45) is 0 Å². The van der Waals surface area contributed by atoms with Gasteiger partial charge in [-0.3, -0.25) is 0 Å². The van der Waals surface area contributed by atoms with Crippen LogP contribution < -0.4 is 10.6 Å². The molecule has 0 spiro atoms. The van der Waals surface area contributed by atoms with E-state index in [1.807, 2.05) is 13.0 Å². The van der Waals surface area contributed by atoms with Crippen molar-refractivity contribution in [3.05, 3.63) is 11.9 Å². The number of hydrogen-bond donors (Lipinski definition) is 2. The fourth-order valence-electron chi connectivity index (χ4n) is 2.36. The Balaban J connectivity index is 2.07. The molecular formula is C14H24N4O2. The third-order valence-electron chi connectivity index (χ3n) is 3.30. The predicted octanol–water partition coefficient (Wildman–Crippen LogP) is 2.03. The van der Waals surface area contributed by atoms with Gasteiger partial charge in [0.15, 0.2) is 5.82 Å². The molecular weight excluding hydrogens is 256 g/mol. The van der Waals surface area contributed by atoms with Crippen LogP contribution >= 0.6 is 0 Å². The summed E-state index contributed by atoms with van der Waals surface area (Å²) in [5, 5.41) is 6.62. The normalized spacial score (nSPS) is 19.9. The van der Waals surface area contributed by atoms with Crippen LogP contribution in [-0.2, 0) is 16.1 Å². The Bertz CT molecular complexity index is 397. The fraction of sp³-hybridized carbons (Fsp3) is 0.714. The van der Waals surface area contributed by atoms with Crippen LogP contribution in [0.5, 0.6) is 0 Å². The fourth-order valence-corrected chi connectivity index (χ4v) is 2.36. The third kappa shape index (κ3) is 4.05. The van der Waals surface area contributed by atoms with Crippen molar-refractivity contribution < 1.29 is 9.47 Å². The van der Waals surface area contributed by atoms with Crippen LogP contribution in [0.3, 0.4) is 0 Å². The first-order chi connectivity index (χ1) is 9.72. The monoisotopic (exact) mass is 280 g/mol. The highest BCUT2D eigenvalue weighted by Crippen LogP contribution is 2.19. The van der Waals surface area contributed by atoms with Gasteiger partial charge in [-0.1, -0.05) is 0 Å². The van der Waals surface area contributed by atoms with Crippen LogP contribution in [0.4, 0.5) is 11.6 Å². The number of anilines is 2. The van der Waals surface area contributed by atoms with E-state index < -0.39 is 0 Å². The number of aromatic nitrogens is 2. The molecule has 1 aliphatic rings. The molecule has 112 valence electrons. The minimum absolute atomic E-state index is 0.234. The molecule has 1 aliphatic heterocycles. The number of hydrogen-bond acceptors (Lipinski definition) is 6. The lowest BCUT2D eigenvalue weighted by atomic mass is 10.1. The lowest BCUT2D eigenvalue weighted by Crippen LogP contribution is -2.30. The van der Waals surface area contributed by atoms with E-state index in [1.165, 1.54) is 0 Å². The van der Waals surface area contributed by atoms with Gasteiger partial charge in [0.2, 0.25) is 0 Å². The Kier molecular flexibility index (Phi) is 5.55. The van der Waals surface area contributed by atoms with E-state index >= 15 is 0 Å². The Morgan fingerprint density at radius 3 is 2.90 bits per heavy atom. The maximum Gasteiger partial charge on any atom is 0.158 e. The Morgan fingerprint density at radius 1 is 1.45 bits per heavy atom. The van der Waals surface area contributed by atoms with Crippen LogP contribution in [0.15, 0.2) is 6.07 Å². The maximum atomic E-state index is 5.70. The SMILES string of the molecule is CCNc1cc(NC(C)C2CCCO2)nc(COC)n1. The Morgan fingerprint density at radius 2 is 2.25 bits per heavy atom. The van der Waals surface area contributed by atoms with E-state index in [0.717, 1.165) is 37.6 Å². The lowest BCUT2D eigenvalue weighted by molar-refractivity contribution is 0.0995. The summed E-state index contributed by atoms with van der Waals surface area (Å²) in [6, 6.07) is 2.16. The average molecular weight is 280 g/mol. The van der Waals surface area contributed by atoms with Gasteiger partial charge in [-0.05, 0) is 26.7 Å². The van der Waals surface area contributed by atoms with Gasteiger partial charge in [0.05, 0.1) is 12.1 Å². The summed E-state index contributed by atoms with van der Waals surface area (Å²) < 4.78 is 10.8. The highest BCUT2D eigenvalue weighted by molar-refractivity contribution is 5.48. The molecule has 2 heterocycles. The van der Waals surface area contributed by atoms with Gasteiger partial charge in [0.1, 0.15) is 18.2 Å². The molecule has 2 unspecified atom stereocenters. The summed E-state index contributed by atoms with van der Waals surface area (Å²) in [4.78, 5) is 8.87. The molecule has 0 bridgehead atoms. The van der Waals surface area contributed by atoms with Crippen molar-refractivity contribution in [1.82, 2.24) is 9.97 Å². The quantitative estimate of drug-likeness (QED) is 0.796. The summed E-state index contributed by atoms with van der Waals surface area (Å²) >= 11 is 0. The molecule has 0 radical (unpaired) electrons. The Hall–Kier alpha value is -1.40. The summed E-state index contributed by atoms with van der Waals surface area (Å²) in [5.41, 5.74) is 0. The molecule has 0 amide bonds. The molecule has 1 aromatic rings. The van der Waals surface area contributed by atoms with E-state index in [2.05, 4.69) is 27.5 Å². The second kappa shape index (κ2) is 7.40. The standard InChI is InChI=1S/C14H24N4O2/c1-4-15-12-8-13(18-14(17-12)9-19-3)16-10(2)11-6-5-7-20-11/h8,10-11H,4-7,9H2,1-3H3,(H2,15,16,17,18).